The predicted octanol–water partition coefficient (Wildman–Crippen LogP) is 5.31. The third-order valence-corrected chi connectivity index (χ3v) is 4.14. The molecule has 0 saturated heterocycles. The number of fused-ring (bicyclic) bond motifs is 1. The van der Waals surface area contributed by atoms with Crippen LogP contribution in [-0.2, 0) is 0 Å². The number of rotatable bonds is 2. The van der Waals surface area contributed by atoms with E-state index in [2.05, 4.69) is 42.3 Å². The van der Waals surface area contributed by atoms with Crippen LogP contribution in [0.1, 0.15) is 11.1 Å². The van der Waals surface area contributed by atoms with Crippen molar-refractivity contribution in [1.82, 2.24) is 4.98 Å². The Morgan fingerprint density at radius 1 is 1.11 bits per heavy atom. The van der Waals surface area contributed by atoms with Crippen LogP contribution in [0.2, 0.25) is 5.02 Å². The fourth-order valence-corrected chi connectivity index (χ4v) is 3.18. The molecule has 0 aliphatic rings. The van der Waals surface area contributed by atoms with Crippen LogP contribution in [-0.4, -0.2) is 4.98 Å². The highest BCUT2D eigenvalue weighted by Gasteiger charge is 2.06. The van der Waals surface area contributed by atoms with E-state index in [4.69, 9.17) is 11.6 Å². The topological polar surface area (TPSA) is 24.9 Å². The summed E-state index contributed by atoms with van der Waals surface area (Å²) < 4.78 is 1.10. The van der Waals surface area contributed by atoms with E-state index >= 15 is 0 Å². The summed E-state index contributed by atoms with van der Waals surface area (Å²) in [5.74, 6) is 0. The smallest absolute Gasteiger partial charge is 0.188 e. The van der Waals surface area contributed by atoms with Gasteiger partial charge in [-0.1, -0.05) is 40.6 Å². The number of hydrogen-bond acceptors (Lipinski definition) is 3. The molecule has 0 unspecified atom stereocenters. The summed E-state index contributed by atoms with van der Waals surface area (Å²) in [6, 6.07) is 12.1. The summed E-state index contributed by atoms with van der Waals surface area (Å²) >= 11 is 7.60. The molecule has 0 saturated carbocycles. The molecule has 0 spiro atoms. The Kier molecular flexibility index (Phi) is 3.17. The van der Waals surface area contributed by atoms with Crippen molar-refractivity contribution in [3.8, 4) is 0 Å². The summed E-state index contributed by atoms with van der Waals surface area (Å²) in [5.41, 5.74) is 4.55. The zero-order valence-electron chi connectivity index (χ0n) is 10.7. The van der Waals surface area contributed by atoms with Crippen LogP contribution in [0.5, 0.6) is 0 Å². The van der Waals surface area contributed by atoms with E-state index in [1.165, 1.54) is 11.1 Å². The Balaban J connectivity index is 1.96. The van der Waals surface area contributed by atoms with E-state index in [9.17, 15) is 0 Å². The van der Waals surface area contributed by atoms with Gasteiger partial charge in [-0.05, 0) is 43.7 Å². The first-order valence-corrected chi connectivity index (χ1v) is 7.21. The molecule has 1 N–H and O–H groups in total. The molecule has 3 aromatic rings. The number of aromatic nitrogens is 1. The minimum Gasteiger partial charge on any atom is -0.331 e. The molecule has 0 fully saturated rings. The first-order chi connectivity index (χ1) is 9.11. The molecule has 0 aliphatic heterocycles. The lowest BCUT2D eigenvalue weighted by molar-refractivity contribution is 1.35. The van der Waals surface area contributed by atoms with E-state index in [0.29, 0.717) is 0 Å². The zero-order valence-corrected chi connectivity index (χ0v) is 12.3. The van der Waals surface area contributed by atoms with Crippen molar-refractivity contribution in [2.45, 2.75) is 13.8 Å². The van der Waals surface area contributed by atoms with Crippen molar-refractivity contribution >= 4 is 44.0 Å². The van der Waals surface area contributed by atoms with Gasteiger partial charge in [-0.2, -0.15) is 0 Å². The molecule has 2 aromatic carbocycles. The van der Waals surface area contributed by atoms with Crippen LogP contribution in [0, 0.1) is 13.8 Å². The average Bonchev–Trinajstić information content (AvgIpc) is 2.74. The Morgan fingerprint density at radius 3 is 2.74 bits per heavy atom. The maximum absolute atomic E-state index is 5.99. The fraction of sp³-hybridized carbons (Fsp3) is 0.133. The molecule has 0 atom stereocenters. The van der Waals surface area contributed by atoms with Crippen molar-refractivity contribution in [2.75, 3.05) is 5.32 Å². The Labute approximate surface area is 121 Å². The van der Waals surface area contributed by atoms with Gasteiger partial charge in [0.1, 0.15) is 0 Å². The standard InChI is InChI=1S/C15H13ClN2S/c1-9-3-5-12(10(2)7-9)17-15-18-13-6-4-11(16)8-14(13)19-15/h3-8H,1-2H3,(H,17,18). The van der Waals surface area contributed by atoms with Gasteiger partial charge >= 0.3 is 0 Å². The van der Waals surface area contributed by atoms with Crippen LogP contribution in [0.3, 0.4) is 0 Å². The van der Waals surface area contributed by atoms with E-state index < -0.39 is 0 Å². The number of anilines is 2. The Bertz CT molecular complexity index is 749. The molecule has 3 rings (SSSR count). The average molecular weight is 289 g/mol. The molecule has 96 valence electrons. The lowest BCUT2D eigenvalue weighted by Crippen LogP contribution is -1.92. The number of aryl methyl sites for hydroxylation is 2. The number of benzene rings is 2. The molecule has 0 aliphatic carbocycles. The van der Waals surface area contributed by atoms with E-state index in [-0.39, 0.29) is 0 Å². The van der Waals surface area contributed by atoms with Crippen LogP contribution in [0.15, 0.2) is 36.4 Å². The van der Waals surface area contributed by atoms with Gasteiger partial charge in [-0.3, -0.25) is 0 Å². The molecule has 4 heteroatoms. The minimum atomic E-state index is 0.745. The van der Waals surface area contributed by atoms with Crippen LogP contribution in [0.4, 0.5) is 10.8 Å². The van der Waals surface area contributed by atoms with Gasteiger partial charge in [0.25, 0.3) is 0 Å². The van der Waals surface area contributed by atoms with Crippen molar-refractivity contribution in [3.05, 3.63) is 52.5 Å². The molecule has 0 bridgehead atoms. The minimum absolute atomic E-state index is 0.745. The van der Waals surface area contributed by atoms with Gasteiger partial charge in [0.05, 0.1) is 10.2 Å². The molecule has 1 aromatic heterocycles. The molecule has 1 heterocycles. The predicted molar refractivity (Wildman–Crippen MR) is 83.8 cm³/mol. The van der Waals surface area contributed by atoms with Crippen molar-refractivity contribution < 1.29 is 0 Å². The highest BCUT2D eigenvalue weighted by atomic mass is 35.5. The molecular formula is C15H13ClN2S. The lowest BCUT2D eigenvalue weighted by Gasteiger charge is -2.06. The Hall–Kier alpha value is -1.58. The van der Waals surface area contributed by atoms with Gasteiger partial charge in [-0.25, -0.2) is 4.98 Å². The molecular weight excluding hydrogens is 276 g/mol. The Morgan fingerprint density at radius 2 is 1.95 bits per heavy atom. The largest absolute Gasteiger partial charge is 0.331 e. The summed E-state index contributed by atoms with van der Waals surface area (Å²) in [7, 11) is 0. The maximum atomic E-state index is 5.99. The second-order valence-corrected chi connectivity index (χ2v) is 6.04. The summed E-state index contributed by atoms with van der Waals surface area (Å²) in [6.45, 7) is 4.19. The van der Waals surface area contributed by atoms with Crippen LogP contribution < -0.4 is 5.32 Å². The first-order valence-electron chi connectivity index (χ1n) is 6.02. The van der Waals surface area contributed by atoms with Gasteiger partial charge in [0, 0.05) is 10.7 Å². The quantitative estimate of drug-likeness (QED) is 0.691. The number of hydrogen-bond donors (Lipinski definition) is 1. The van der Waals surface area contributed by atoms with Crippen LogP contribution >= 0.6 is 22.9 Å². The maximum Gasteiger partial charge on any atom is 0.188 e. The third kappa shape index (κ3) is 2.57. The number of halogens is 1. The highest BCUT2D eigenvalue weighted by molar-refractivity contribution is 7.22. The van der Waals surface area contributed by atoms with Gasteiger partial charge in [-0.15, -0.1) is 0 Å². The van der Waals surface area contributed by atoms with Crippen molar-refractivity contribution in [3.63, 3.8) is 0 Å². The molecule has 2 nitrogen and oxygen atoms in total. The lowest BCUT2D eigenvalue weighted by atomic mass is 10.1. The SMILES string of the molecule is Cc1ccc(Nc2nc3ccc(Cl)cc3s2)c(C)c1. The normalized spacial score (nSPS) is 10.9. The summed E-state index contributed by atoms with van der Waals surface area (Å²) in [6.07, 6.45) is 0. The monoisotopic (exact) mass is 288 g/mol. The number of nitrogens with zero attached hydrogens (tertiary/aromatic N) is 1. The third-order valence-electron chi connectivity index (χ3n) is 2.97. The number of nitrogens with one attached hydrogen (secondary N) is 1. The van der Waals surface area contributed by atoms with Crippen molar-refractivity contribution in [2.24, 2.45) is 0 Å². The molecule has 0 radical (unpaired) electrons. The fourth-order valence-electron chi connectivity index (χ4n) is 2.02. The first kappa shape index (κ1) is 12.5. The highest BCUT2D eigenvalue weighted by Crippen LogP contribution is 2.31. The van der Waals surface area contributed by atoms with Crippen LogP contribution in [0.25, 0.3) is 10.2 Å². The van der Waals surface area contributed by atoms with E-state index in [1.807, 2.05) is 18.2 Å². The summed E-state index contributed by atoms with van der Waals surface area (Å²) in [4.78, 5) is 4.56. The number of thiazole rings is 1. The van der Waals surface area contributed by atoms with Gasteiger partial charge < -0.3 is 5.32 Å². The molecule has 0 amide bonds. The zero-order chi connectivity index (χ0) is 13.4. The second-order valence-electron chi connectivity index (χ2n) is 4.57. The van der Waals surface area contributed by atoms with Gasteiger partial charge in [0.15, 0.2) is 5.13 Å². The van der Waals surface area contributed by atoms with Crippen molar-refractivity contribution in [1.29, 1.82) is 0 Å². The van der Waals surface area contributed by atoms with Gasteiger partial charge in [0.2, 0.25) is 0 Å². The summed E-state index contributed by atoms with van der Waals surface area (Å²) in [5, 5.41) is 5.01. The van der Waals surface area contributed by atoms with E-state index in [1.54, 1.807) is 11.3 Å². The molecule has 19 heavy (non-hydrogen) atoms. The van der Waals surface area contributed by atoms with E-state index in [0.717, 1.165) is 26.1 Å². The second kappa shape index (κ2) is 4.83.